The minimum absolute atomic E-state index is 0.906. The van der Waals surface area contributed by atoms with Crippen LogP contribution in [0.2, 0.25) is 0 Å². The first-order valence-corrected chi connectivity index (χ1v) is 18.2. The maximum Gasteiger partial charge on any atom is 0.145 e. The Labute approximate surface area is 295 Å². The Kier molecular flexibility index (Phi) is 5.41. The fourth-order valence-electron chi connectivity index (χ4n) is 8.69. The normalized spacial score (nSPS) is 12.3. The van der Waals surface area contributed by atoms with Crippen LogP contribution in [0.3, 0.4) is 0 Å². The Morgan fingerprint density at radius 2 is 0.863 bits per heavy atom. The Bertz CT molecular complexity index is 3370. The summed E-state index contributed by atoms with van der Waals surface area (Å²) in [4.78, 5) is 0. The minimum atomic E-state index is 0.906. The van der Waals surface area contributed by atoms with Crippen molar-refractivity contribution in [2.45, 2.75) is 0 Å². The molecule has 236 valence electrons. The molecule has 0 aliphatic carbocycles. The number of fused-ring (bicyclic) bond motifs is 15. The highest BCUT2D eigenvalue weighted by molar-refractivity contribution is 7.27. The number of hydrogen-bond acceptors (Lipinski definition) is 3. The van der Waals surface area contributed by atoms with Gasteiger partial charge in [-0.3, -0.25) is 0 Å². The predicted molar refractivity (Wildman–Crippen MR) is 217 cm³/mol. The number of thiophene rings is 1. The van der Waals surface area contributed by atoms with Gasteiger partial charge in [0.1, 0.15) is 22.3 Å². The molecule has 3 heterocycles. The molecule has 0 atom stereocenters. The van der Waals surface area contributed by atoms with Crippen molar-refractivity contribution < 1.29 is 8.83 Å². The van der Waals surface area contributed by atoms with Gasteiger partial charge in [-0.05, 0) is 85.6 Å². The van der Waals surface area contributed by atoms with Crippen molar-refractivity contribution in [3.05, 3.63) is 158 Å². The summed E-state index contributed by atoms with van der Waals surface area (Å²) in [6.45, 7) is 0. The lowest BCUT2D eigenvalue weighted by atomic mass is 9.85. The molecule has 2 nitrogen and oxygen atoms in total. The second kappa shape index (κ2) is 10.1. The lowest BCUT2D eigenvalue weighted by Gasteiger charge is -2.17. The molecule has 3 heteroatoms. The topological polar surface area (TPSA) is 26.3 Å². The van der Waals surface area contributed by atoms with Crippen LogP contribution in [0.5, 0.6) is 0 Å². The molecule has 9 aromatic carbocycles. The van der Waals surface area contributed by atoms with Gasteiger partial charge in [0.2, 0.25) is 0 Å². The molecule has 0 spiro atoms. The van der Waals surface area contributed by atoms with Crippen molar-refractivity contribution in [1.29, 1.82) is 0 Å². The van der Waals surface area contributed by atoms with Crippen molar-refractivity contribution in [2.24, 2.45) is 0 Å². The lowest BCUT2D eigenvalue weighted by Crippen LogP contribution is -1.90. The minimum Gasteiger partial charge on any atom is -0.456 e. The van der Waals surface area contributed by atoms with Crippen molar-refractivity contribution in [3.8, 4) is 22.3 Å². The number of furan rings is 2. The first-order valence-electron chi connectivity index (χ1n) is 17.3. The van der Waals surface area contributed by atoms with Gasteiger partial charge in [-0.1, -0.05) is 121 Å². The zero-order chi connectivity index (χ0) is 33.2. The molecule has 12 aromatic rings. The number of rotatable bonds is 2. The third kappa shape index (κ3) is 3.71. The van der Waals surface area contributed by atoms with E-state index in [9.17, 15) is 0 Å². The summed E-state index contributed by atoms with van der Waals surface area (Å²) in [6, 6.07) is 56.9. The average Bonchev–Trinajstić information content (AvgIpc) is 3.88. The molecule has 0 bridgehead atoms. The van der Waals surface area contributed by atoms with Gasteiger partial charge in [0, 0.05) is 47.1 Å². The highest BCUT2D eigenvalue weighted by Gasteiger charge is 2.22. The maximum absolute atomic E-state index is 6.84. The molecule has 0 saturated carbocycles. The summed E-state index contributed by atoms with van der Waals surface area (Å²) in [6.07, 6.45) is 0. The number of para-hydroxylation sites is 1. The van der Waals surface area contributed by atoms with Crippen LogP contribution in [0.25, 0.3) is 119 Å². The van der Waals surface area contributed by atoms with E-state index in [-0.39, 0.29) is 0 Å². The maximum atomic E-state index is 6.84. The van der Waals surface area contributed by atoms with E-state index in [1.54, 1.807) is 0 Å². The predicted octanol–water partition coefficient (Wildman–Crippen LogP) is 14.6. The van der Waals surface area contributed by atoms with Gasteiger partial charge in [-0.15, -0.1) is 11.3 Å². The highest BCUT2D eigenvalue weighted by Crippen LogP contribution is 2.49. The van der Waals surface area contributed by atoms with Crippen LogP contribution in [-0.2, 0) is 0 Å². The van der Waals surface area contributed by atoms with E-state index < -0.39 is 0 Å². The first-order chi connectivity index (χ1) is 25.3. The van der Waals surface area contributed by atoms with Gasteiger partial charge in [-0.25, -0.2) is 0 Å². The lowest BCUT2D eigenvalue weighted by molar-refractivity contribution is 0.669. The summed E-state index contributed by atoms with van der Waals surface area (Å²) >= 11 is 1.85. The number of hydrogen-bond donors (Lipinski definition) is 0. The van der Waals surface area contributed by atoms with E-state index in [4.69, 9.17) is 8.83 Å². The molecule has 0 aliphatic heterocycles. The molecule has 0 aliphatic rings. The van der Waals surface area contributed by atoms with Crippen LogP contribution >= 0.6 is 11.3 Å². The zero-order valence-electron chi connectivity index (χ0n) is 27.2. The van der Waals surface area contributed by atoms with Crippen molar-refractivity contribution in [1.82, 2.24) is 0 Å². The van der Waals surface area contributed by atoms with E-state index in [2.05, 4.69) is 146 Å². The largest absolute Gasteiger partial charge is 0.456 e. The van der Waals surface area contributed by atoms with Gasteiger partial charge < -0.3 is 8.83 Å². The van der Waals surface area contributed by atoms with Gasteiger partial charge in [-0.2, -0.15) is 0 Å². The highest BCUT2D eigenvalue weighted by atomic mass is 32.1. The quantitative estimate of drug-likeness (QED) is 0.172. The van der Waals surface area contributed by atoms with E-state index in [0.717, 1.165) is 44.1 Å². The van der Waals surface area contributed by atoms with Gasteiger partial charge in [0.05, 0.1) is 0 Å². The van der Waals surface area contributed by atoms with Gasteiger partial charge in [0.15, 0.2) is 0 Å². The van der Waals surface area contributed by atoms with E-state index >= 15 is 0 Å². The molecule has 0 N–H and O–H groups in total. The van der Waals surface area contributed by atoms with E-state index in [0.29, 0.717) is 0 Å². The summed E-state index contributed by atoms with van der Waals surface area (Å²) in [5.41, 5.74) is 8.48. The van der Waals surface area contributed by atoms with Crippen LogP contribution in [0, 0.1) is 0 Å². The van der Waals surface area contributed by atoms with Crippen LogP contribution in [0.4, 0.5) is 0 Å². The van der Waals surface area contributed by atoms with Gasteiger partial charge >= 0.3 is 0 Å². The Balaban J connectivity index is 1.17. The molecule has 3 aromatic heterocycles. The smallest absolute Gasteiger partial charge is 0.145 e. The summed E-state index contributed by atoms with van der Waals surface area (Å²) in [5, 5.41) is 14.5. The SMILES string of the molecule is c1ccc2c(c1)oc1cc(-c3c4ccccc4c(-c4ccc5oc6c(c5c4)c4ccccc4c4sc5ccccc5c64)c4ccccc34)ccc12. The molecule has 0 unspecified atom stereocenters. The molecule has 51 heavy (non-hydrogen) atoms. The fourth-order valence-corrected chi connectivity index (χ4v) is 9.93. The third-order valence-corrected chi connectivity index (χ3v) is 12.0. The van der Waals surface area contributed by atoms with Crippen LogP contribution in [0.15, 0.2) is 167 Å². The van der Waals surface area contributed by atoms with Crippen LogP contribution in [-0.4, -0.2) is 0 Å². The summed E-state index contributed by atoms with van der Waals surface area (Å²) in [5.74, 6) is 0. The molecule has 0 fully saturated rings. The Morgan fingerprint density at radius 3 is 1.59 bits per heavy atom. The van der Waals surface area contributed by atoms with Gasteiger partial charge in [0.25, 0.3) is 0 Å². The van der Waals surface area contributed by atoms with E-state index in [1.165, 1.54) is 74.6 Å². The fraction of sp³-hybridized carbons (Fsp3) is 0. The molecule has 12 rings (SSSR count). The summed E-state index contributed by atoms with van der Waals surface area (Å²) in [7, 11) is 0. The second-order valence-corrected chi connectivity index (χ2v) is 14.6. The van der Waals surface area contributed by atoms with E-state index in [1.807, 2.05) is 23.5 Å². The van der Waals surface area contributed by atoms with Crippen molar-refractivity contribution in [2.75, 3.05) is 0 Å². The molecular formula is C48H26O2S. The van der Waals surface area contributed by atoms with Crippen molar-refractivity contribution >= 4 is 108 Å². The number of benzene rings is 9. The summed E-state index contributed by atoms with van der Waals surface area (Å²) < 4.78 is 15.8. The van der Waals surface area contributed by atoms with Crippen LogP contribution < -0.4 is 0 Å². The molecule has 0 saturated heterocycles. The average molecular weight is 667 g/mol. The second-order valence-electron chi connectivity index (χ2n) is 13.5. The van der Waals surface area contributed by atoms with Crippen LogP contribution in [0.1, 0.15) is 0 Å². The Morgan fingerprint density at radius 1 is 0.333 bits per heavy atom. The zero-order valence-corrected chi connectivity index (χ0v) is 28.1. The monoisotopic (exact) mass is 666 g/mol. The third-order valence-electron chi connectivity index (χ3n) is 10.8. The molecule has 0 amide bonds. The standard InChI is InChI=1S/C48H26O2S/c1-3-14-33-31(12-1)43(32-13-2-4-15-34(32)44(33)28-21-23-30-29-11-7-9-19-39(29)49-41(30)26-28)27-22-24-40-38(25-27)45-35-16-5-6-17-36(35)48-46(47(45)50-40)37-18-8-10-20-42(37)51-48/h1-26H. The molecule has 0 radical (unpaired) electrons. The van der Waals surface area contributed by atoms with Crippen molar-refractivity contribution in [3.63, 3.8) is 0 Å². The Hall–Kier alpha value is -6.42. The first kappa shape index (κ1) is 27.4. The molecular weight excluding hydrogens is 641 g/mol.